The maximum atomic E-state index is 12.9. The monoisotopic (exact) mass is 497 g/mol. The molecule has 2 aromatic rings. The molecule has 2 rings (SSSR count). The number of aliphatic hydroxyl groups excluding tert-OH is 1. The minimum Gasteiger partial charge on any atom is -0.394 e. The van der Waals surface area contributed by atoms with Crippen LogP contribution in [0.5, 0.6) is 0 Å². The Labute approximate surface area is 208 Å². The highest BCUT2D eigenvalue weighted by Gasteiger charge is 2.29. The van der Waals surface area contributed by atoms with Gasteiger partial charge in [-0.2, -0.15) is 0 Å². The molecule has 0 heterocycles. The van der Waals surface area contributed by atoms with Gasteiger partial charge in [0.1, 0.15) is 24.4 Å². The molecule has 192 valence electrons. The van der Waals surface area contributed by atoms with Gasteiger partial charge >= 0.3 is 0 Å². The zero-order chi connectivity index (χ0) is 26.3. The third-order valence-corrected chi connectivity index (χ3v) is 5.21. The predicted octanol–water partition coefficient (Wildman–Crippen LogP) is -1.81. The van der Waals surface area contributed by atoms with E-state index in [9.17, 15) is 29.1 Å². The largest absolute Gasteiger partial charge is 0.394 e. The summed E-state index contributed by atoms with van der Waals surface area (Å²) in [6.07, 6.45) is 0.758. The summed E-state index contributed by atoms with van der Waals surface area (Å²) in [5, 5.41) is 19.7. The lowest BCUT2D eigenvalue weighted by Crippen LogP contribution is -2.58. The highest BCUT2D eigenvalue weighted by molar-refractivity contribution is 5.94. The maximum absolute atomic E-state index is 12.9. The standard InChI is InChI=1S/C25H31N5O6/c26-15-22(33)28-20(14-18-9-5-2-6-10-18)24(35)30-21(16-32)25(36)29-19(23(34)27-11-12-31)13-17-7-3-1-4-8-17/h1-10,12,19-21,32H,11,13-16,26H2,(H,27,34)(H,28,33)(H,29,36)(H,30,35)/t19-,20-,21-/m0/s1. The molecule has 0 aliphatic carbocycles. The van der Waals surface area contributed by atoms with Gasteiger partial charge in [-0.15, -0.1) is 0 Å². The molecule has 0 saturated heterocycles. The van der Waals surface area contributed by atoms with Crippen LogP contribution in [0.4, 0.5) is 0 Å². The predicted molar refractivity (Wildman–Crippen MR) is 131 cm³/mol. The van der Waals surface area contributed by atoms with E-state index in [0.29, 0.717) is 6.29 Å². The van der Waals surface area contributed by atoms with Gasteiger partial charge in [-0.05, 0) is 11.1 Å². The fourth-order valence-electron chi connectivity index (χ4n) is 3.38. The lowest BCUT2D eigenvalue weighted by atomic mass is 10.0. The number of nitrogens with two attached hydrogens (primary N) is 1. The van der Waals surface area contributed by atoms with Crippen LogP contribution in [0.1, 0.15) is 11.1 Å². The molecule has 0 spiro atoms. The van der Waals surface area contributed by atoms with Gasteiger partial charge in [-0.3, -0.25) is 19.2 Å². The van der Waals surface area contributed by atoms with E-state index in [4.69, 9.17) is 5.73 Å². The van der Waals surface area contributed by atoms with Crippen molar-refractivity contribution in [3.63, 3.8) is 0 Å². The average Bonchev–Trinajstić information content (AvgIpc) is 2.90. The molecule has 11 nitrogen and oxygen atoms in total. The SMILES string of the molecule is NCC(=O)N[C@@H](Cc1ccccc1)C(=O)N[C@@H](CO)C(=O)N[C@@H](Cc1ccccc1)C(=O)NCC=O. The average molecular weight is 498 g/mol. The van der Waals surface area contributed by atoms with Gasteiger partial charge in [-0.1, -0.05) is 60.7 Å². The van der Waals surface area contributed by atoms with Gasteiger partial charge in [0.15, 0.2) is 0 Å². The molecule has 0 aromatic heterocycles. The van der Waals surface area contributed by atoms with Gasteiger partial charge in [0.2, 0.25) is 23.6 Å². The maximum Gasteiger partial charge on any atom is 0.245 e. The number of amides is 4. The van der Waals surface area contributed by atoms with Crippen molar-refractivity contribution in [1.29, 1.82) is 0 Å². The van der Waals surface area contributed by atoms with Gasteiger partial charge in [0, 0.05) is 12.8 Å². The summed E-state index contributed by atoms with van der Waals surface area (Å²) in [6.45, 7) is -1.32. The van der Waals surface area contributed by atoms with Crippen LogP contribution in [0.15, 0.2) is 60.7 Å². The second-order valence-electron chi connectivity index (χ2n) is 7.92. The molecule has 0 bridgehead atoms. The molecule has 36 heavy (non-hydrogen) atoms. The van der Waals surface area contributed by atoms with E-state index in [0.717, 1.165) is 11.1 Å². The van der Waals surface area contributed by atoms with Crippen molar-refractivity contribution < 1.29 is 29.1 Å². The highest BCUT2D eigenvalue weighted by Crippen LogP contribution is 2.06. The molecule has 4 amide bonds. The normalized spacial score (nSPS) is 12.9. The molecule has 0 aliphatic rings. The summed E-state index contributed by atoms with van der Waals surface area (Å²) >= 11 is 0. The Morgan fingerprint density at radius 1 is 0.750 bits per heavy atom. The molecule has 0 aliphatic heterocycles. The summed E-state index contributed by atoms with van der Waals surface area (Å²) < 4.78 is 0. The third-order valence-electron chi connectivity index (χ3n) is 5.21. The Kier molecular flexibility index (Phi) is 11.7. The number of aldehydes is 1. The van der Waals surface area contributed by atoms with E-state index in [-0.39, 0.29) is 25.9 Å². The molecule has 0 saturated carbocycles. The number of carbonyl (C=O) groups excluding carboxylic acids is 5. The van der Waals surface area contributed by atoms with E-state index >= 15 is 0 Å². The van der Waals surface area contributed by atoms with Gasteiger partial charge in [0.05, 0.1) is 19.7 Å². The van der Waals surface area contributed by atoms with Crippen LogP contribution in [-0.2, 0) is 36.8 Å². The fraction of sp³-hybridized carbons (Fsp3) is 0.320. The van der Waals surface area contributed by atoms with Crippen LogP contribution < -0.4 is 27.0 Å². The Hall–Kier alpha value is -4.09. The first-order valence-corrected chi connectivity index (χ1v) is 11.4. The van der Waals surface area contributed by atoms with Crippen LogP contribution in [0.2, 0.25) is 0 Å². The third kappa shape index (κ3) is 9.28. The van der Waals surface area contributed by atoms with Crippen molar-refractivity contribution in [2.75, 3.05) is 19.7 Å². The smallest absolute Gasteiger partial charge is 0.245 e. The first-order valence-electron chi connectivity index (χ1n) is 11.4. The van der Waals surface area contributed by atoms with E-state index in [1.807, 2.05) is 0 Å². The van der Waals surface area contributed by atoms with Crippen molar-refractivity contribution in [3.05, 3.63) is 71.8 Å². The number of rotatable bonds is 14. The molecule has 0 fully saturated rings. The number of nitrogens with one attached hydrogen (secondary N) is 4. The summed E-state index contributed by atoms with van der Waals surface area (Å²) in [7, 11) is 0. The van der Waals surface area contributed by atoms with Gasteiger partial charge < -0.3 is 36.9 Å². The Bertz CT molecular complexity index is 1020. The minimum absolute atomic E-state index is 0.118. The Morgan fingerprint density at radius 2 is 1.22 bits per heavy atom. The van der Waals surface area contributed by atoms with Crippen LogP contribution >= 0.6 is 0 Å². The van der Waals surface area contributed by atoms with E-state index in [1.165, 1.54) is 0 Å². The summed E-state index contributed by atoms with van der Waals surface area (Å²) in [4.78, 5) is 60.9. The Morgan fingerprint density at radius 3 is 1.69 bits per heavy atom. The lowest BCUT2D eigenvalue weighted by molar-refractivity contribution is -0.134. The summed E-state index contributed by atoms with van der Waals surface area (Å²) in [6, 6.07) is 14.3. The van der Waals surface area contributed by atoms with E-state index in [1.54, 1.807) is 60.7 Å². The first kappa shape index (κ1) is 28.1. The van der Waals surface area contributed by atoms with Crippen molar-refractivity contribution >= 4 is 29.9 Å². The van der Waals surface area contributed by atoms with Crippen LogP contribution in [-0.4, -0.2) is 72.8 Å². The second kappa shape index (κ2) is 15.0. The first-order chi connectivity index (χ1) is 17.4. The number of carbonyl (C=O) groups is 5. The van der Waals surface area contributed by atoms with Crippen LogP contribution in [0.3, 0.4) is 0 Å². The quantitative estimate of drug-likeness (QED) is 0.166. The number of benzene rings is 2. The zero-order valence-corrected chi connectivity index (χ0v) is 19.7. The number of hydrogen-bond acceptors (Lipinski definition) is 7. The fourth-order valence-corrected chi connectivity index (χ4v) is 3.38. The molecule has 0 radical (unpaired) electrons. The lowest BCUT2D eigenvalue weighted by Gasteiger charge is -2.24. The van der Waals surface area contributed by atoms with E-state index < -0.39 is 48.4 Å². The summed E-state index contributed by atoms with van der Waals surface area (Å²) in [5.41, 5.74) is 6.87. The highest BCUT2D eigenvalue weighted by atomic mass is 16.3. The molecule has 7 N–H and O–H groups in total. The molecule has 2 aromatic carbocycles. The van der Waals surface area contributed by atoms with Crippen molar-refractivity contribution in [2.24, 2.45) is 5.73 Å². The van der Waals surface area contributed by atoms with Gasteiger partial charge in [0.25, 0.3) is 0 Å². The summed E-state index contributed by atoms with van der Waals surface area (Å²) in [5.74, 6) is -2.68. The van der Waals surface area contributed by atoms with Crippen molar-refractivity contribution in [1.82, 2.24) is 21.3 Å². The topological polar surface area (TPSA) is 180 Å². The van der Waals surface area contributed by atoms with E-state index in [2.05, 4.69) is 21.3 Å². The molecule has 3 atom stereocenters. The van der Waals surface area contributed by atoms with Crippen LogP contribution in [0.25, 0.3) is 0 Å². The second-order valence-corrected chi connectivity index (χ2v) is 7.92. The minimum atomic E-state index is -1.40. The van der Waals surface area contributed by atoms with Crippen LogP contribution in [0, 0.1) is 0 Å². The van der Waals surface area contributed by atoms with Crippen molar-refractivity contribution in [2.45, 2.75) is 31.0 Å². The molecular weight excluding hydrogens is 466 g/mol. The zero-order valence-electron chi connectivity index (χ0n) is 19.7. The van der Waals surface area contributed by atoms with Crippen molar-refractivity contribution in [3.8, 4) is 0 Å². The number of aliphatic hydroxyl groups is 1. The Balaban J connectivity index is 2.13. The number of hydrogen-bond donors (Lipinski definition) is 6. The van der Waals surface area contributed by atoms with Gasteiger partial charge in [-0.25, -0.2) is 0 Å². The molecule has 0 unspecified atom stereocenters. The molecular formula is C25H31N5O6. The molecule has 11 heteroatoms.